The fourth-order valence-corrected chi connectivity index (χ4v) is 1.39. The van der Waals surface area contributed by atoms with Gasteiger partial charge in [0.05, 0.1) is 18.7 Å². The topological polar surface area (TPSA) is 70.9 Å². The third-order valence-electron chi connectivity index (χ3n) is 2.10. The Hall–Kier alpha value is -2.26. The lowest BCUT2D eigenvalue weighted by molar-refractivity contribution is 0.328. The fourth-order valence-electron chi connectivity index (χ4n) is 1.39. The van der Waals surface area contributed by atoms with Crippen LogP contribution in [0.5, 0.6) is 5.75 Å². The summed E-state index contributed by atoms with van der Waals surface area (Å²) in [6.45, 7) is 0.720. The van der Waals surface area contributed by atoms with Crippen molar-refractivity contribution in [1.82, 2.24) is 4.98 Å². The molecule has 0 spiro atoms. The summed E-state index contributed by atoms with van der Waals surface area (Å²) < 4.78 is 5.42. The average molecular weight is 214 g/mol. The molecule has 0 bridgehead atoms. The largest absolute Gasteiger partial charge is 0.493 e. The van der Waals surface area contributed by atoms with Gasteiger partial charge in [-0.2, -0.15) is 0 Å². The Morgan fingerprint density at radius 2 is 2.31 bits per heavy atom. The molecule has 5 heteroatoms. The third kappa shape index (κ3) is 2.40. The maximum absolute atomic E-state index is 8.10. The Labute approximate surface area is 92.3 Å². The number of hydrogen-bond donors (Lipinski definition) is 0. The lowest BCUT2D eigenvalue weighted by Crippen LogP contribution is -1.99. The summed E-state index contributed by atoms with van der Waals surface area (Å²) in [5.74, 6) is 0.758. The molecular formula is C11H10N4O. The van der Waals surface area contributed by atoms with Gasteiger partial charge in [-0.05, 0) is 29.8 Å². The van der Waals surface area contributed by atoms with E-state index in [9.17, 15) is 0 Å². The van der Waals surface area contributed by atoms with Crippen LogP contribution in [0.4, 0.5) is 0 Å². The van der Waals surface area contributed by atoms with Gasteiger partial charge in [-0.1, -0.05) is 11.2 Å². The van der Waals surface area contributed by atoms with Crippen LogP contribution in [0, 0.1) is 0 Å². The number of rotatable bonds is 4. The number of azide groups is 1. The van der Waals surface area contributed by atoms with Crippen molar-refractivity contribution in [2.24, 2.45) is 5.11 Å². The molecule has 1 heterocycles. The Bertz CT molecular complexity index is 534. The standard InChI is InChI=1S/C11H10N4O/c12-15-14-6-7-16-10-3-4-11-9(8-10)2-1-5-13-11/h1-5,8H,6-7H2. The van der Waals surface area contributed by atoms with Crippen molar-refractivity contribution in [2.75, 3.05) is 13.2 Å². The van der Waals surface area contributed by atoms with Crippen LogP contribution in [0.1, 0.15) is 0 Å². The second kappa shape index (κ2) is 5.00. The van der Waals surface area contributed by atoms with E-state index in [-0.39, 0.29) is 0 Å². The summed E-state index contributed by atoms with van der Waals surface area (Å²) in [6, 6.07) is 9.52. The van der Waals surface area contributed by atoms with Crippen LogP contribution in [0.15, 0.2) is 41.6 Å². The molecule has 16 heavy (non-hydrogen) atoms. The number of benzene rings is 1. The van der Waals surface area contributed by atoms with E-state index in [2.05, 4.69) is 15.0 Å². The quantitative estimate of drug-likeness (QED) is 0.339. The van der Waals surface area contributed by atoms with Gasteiger partial charge < -0.3 is 4.74 Å². The summed E-state index contributed by atoms with van der Waals surface area (Å²) in [7, 11) is 0. The SMILES string of the molecule is [N-]=[N+]=NCCOc1ccc2ncccc2c1. The maximum atomic E-state index is 8.10. The summed E-state index contributed by atoms with van der Waals surface area (Å²) >= 11 is 0. The molecule has 0 saturated heterocycles. The van der Waals surface area contributed by atoms with Crippen LogP contribution in [0.2, 0.25) is 0 Å². The second-order valence-electron chi connectivity index (χ2n) is 3.16. The first-order chi connectivity index (χ1) is 7.90. The van der Waals surface area contributed by atoms with E-state index in [0.29, 0.717) is 13.2 Å². The summed E-state index contributed by atoms with van der Waals surface area (Å²) in [5.41, 5.74) is 9.03. The first kappa shape index (κ1) is 10.3. The Morgan fingerprint density at radius 3 is 3.19 bits per heavy atom. The molecule has 5 nitrogen and oxygen atoms in total. The predicted octanol–water partition coefficient (Wildman–Crippen LogP) is 2.92. The molecule has 0 unspecified atom stereocenters. The number of aromatic nitrogens is 1. The fraction of sp³-hybridized carbons (Fsp3) is 0.182. The average Bonchev–Trinajstić information content (AvgIpc) is 2.34. The van der Waals surface area contributed by atoms with Crippen LogP contribution in [-0.2, 0) is 0 Å². The van der Waals surface area contributed by atoms with Gasteiger partial charge in [0.25, 0.3) is 0 Å². The van der Waals surface area contributed by atoms with E-state index in [1.807, 2.05) is 30.3 Å². The first-order valence-electron chi connectivity index (χ1n) is 4.88. The van der Waals surface area contributed by atoms with Crippen molar-refractivity contribution in [2.45, 2.75) is 0 Å². The van der Waals surface area contributed by atoms with Crippen LogP contribution in [0.3, 0.4) is 0 Å². The van der Waals surface area contributed by atoms with Crippen molar-refractivity contribution in [3.8, 4) is 5.75 Å². The summed E-state index contributed by atoms with van der Waals surface area (Å²) in [5, 5.41) is 4.42. The number of ether oxygens (including phenoxy) is 1. The molecular weight excluding hydrogens is 204 g/mol. The highest BCUT2D eigenvalue weighted by molar-refractivity contribution is 5.79. The summed E-state index contributed by atoms with van der Waals surface area (Å²) in [6.07, 6.45) is 1.75. The van der Waals surface area contributed by atoms with Gasteiger partial charge in [0, 0.05) is 16.5 Å². The molecule has 0 N–H and O–H groups in total. The maximum Gasteiger partial charge on any atom is 0.120 e. The number of nitrogens with zero attached hydrogens (tertiary/aromatic N) is 4. The van der Waals surface area contributed by atoms with Crippen molar-refractivity contribution in [3.63, 3.8) is 0 Å². The molecule has 0 fully saturated rings. The molecule has 1 aromatic heterocycles. The molecule has 0 atom stereocenters. The predicted molar refractivity (Wildman–Crippen MR) is 61.3 cm³/mol. The zero-order chi connectivity index (χ0) is 11.2. The zero-order valence-electron chi connectivity index (χ0n) is 8.58. The molecule has 0 aliphatic carbocycles. The number of fused-ring (bicyclic) bond motifs is 1. The highest BCUT2D eigenvalue weighted by atomic mass is 16.5. The normalized spacial score (nSPS) is 9.75. The summed E-state index contributed by atoms with van der Waals surface area (Å²) in [4.78, 5) is 6.86. The minimum absolute atomic E-state index is 0.335. The van der Waals surface area contributed by atoms with Gasteiger partial charge in [0.15, 0.2) is 0 Å². The monoisotopic (exact) mass is 214 g/mol. The van der Waals surface area contributed by atoms with E-state index >= 15 is 0 Å². The van der Waals surface area contributed by atoms with Crippen molar-refractivity contribution < 1.29 is 4.74 Å². The van der Waals surface area contributed by atoms with Gasteiger partial charge in [-0.15, -0.1) is 0 Å². The van der Waals surface area contributed by atoms with E-state index in [1.54, 1.807) is 6.20 Å². The van der Waals surface area contributed by atoms with Gasteiger partial charge in [-0.3, -0.25) is 4.98 Å². The van der Waals surface area contributed by atoms with Crippen LogP contribution >= 0.6 is 0 Å². The molecule has 0 radical (unpaired) electrons. The lowest BCUT2D eigenvalue weighted by Gasteiger charge is -2.04. The highest BCUT2D eigenvalue weighted by Crippen LogP contribution is 2.18. The third-order valence-corrected chi connectivity index (χ3v) is 2.10. The molecule has 0 saturated carbocycles. The smallest absolute Gasteiger partial charge is 0.120 e. The minimum atomic E-state index is 0.335. The van der Waals surface area contributed by atoms with Gasteiger partial charge in [0.2, 0.25) is 0 Å². The number of hydrogen-bond acceptors (Lipinski definition) is 3. The van der Waals surface area contributed by atoms with E-state index in [0.717, 1.165) is 16.7 Å². The van der Waals surface area contributed by atoms with Crippen molar-refractivity contribution in [1.29, 1.82) is 0 Å². The second-order valence-corrected chi connectivity index (χ2v) is 3.16. The van der Waals surface area contributed by atoms with E-state index in [1.165, 1.54) is 0 Å². The molecule has 80 valence electrons. The zero-order valence-corrected chi connectivity index (χ0v) is 8.58. The van der Waals surface area contributed by atoms with Gasteiger partial charge >= 0.3 is 0 Å². The minimum Gasteiger partial charge on any atom is -0.493 e. The van der Waals surface area contributed by atoms with Gasteiger partial charge in [0.1, 0.15) is 5.75 Å². The van der Waals surface area contributed by atoms with Crippen LogP contribution in [0.25, 0.3) is 21.3 Å². The Balaban J connectivity index is 2.10. The molecule has 2 rings (SSSR count). The lowest BCUT2D eigenvalue weighted by atomic mass is 10.2. The molecule has 0 aliphatic rings. The molecule has 1 aromatic carbocycles. The number of pyridine rings is 1. The molecule has 0 aliphatic heterocycles. The Kier molecular flexibility index (Phi) is 3.21. The Morgan fingerprint density at radius 1 is 1.38 bits per heavy atom. The first-order valence-corrected chi connectivity index (χ1v) is 4.88. The van der Waals surface area contributed by atoms with Crippen LogP contribution in [-0.4, -0.2) is 18.1 Å². The highest BCUT2D eigenvalue weighted by Gasteiger charge is 1.96. The molecule has 0 amide bonds. The van der Waals surface area contributed by atoms with Gasteiger partial charge in [-0.25, -0.2) is 0 Å². The van der Waals surface area contributed by atoms with Crippen molar-refractivity contribution in [3.05, 3.63) is 47.0 Å². The van der Waals surface area contributed by atoms with E-state index in [4.69, 9.17) is 10.3 Å². The molecule has 2 aromatic rings. The van der Waals surface area contributed by atoms with E-state index < -0.39 is 0 Å². The van der Waals surface area contributed by atoms with Crippen molar-refractivity contribution >= 4 is 10.9 Å². The van der Waals surface area contributed by atoms with Crippen LogP contribution < -0.4 is 4.74 Å².